The molecular weight excluding hydrogens is 386 g/mol. The molecular formula is C20H17N7O3. The summed E-state index contributed by atoms with van der Waals surface area (Å²) >= 11 is 0. The maximum Gasteiger partial charge on any atom is 0.273 e. The molecule has 150 valence electrons. The molecule has 10 heteroatoms. The van der Waals surface area contributed by atoms with Crippen molar-refractivity contribution in [3.63, 3.8) is 0 Å². The first-order chi connectivity index (χ1) is 14.6. The molecule has 0 radical (unpaired) electrons. The molecule has 0 bridgehead atoms. The Morgan fingerprint density at radius 2 is 1.80 bits per heavy atom. The summed E-state index contributed by atoms with van der Waals surface area (Å²) in [5, 5.41) is 17.6. The number of amides is 1. The van der Waals surface area contributed by atoms with Gasteiger partial charge in [-0.15, -0.1) is 5.10 Å². The van der Waals surface area contributed by atoms with Crippen LogP contribution < -0.4 is 16.4 Å². The summed E-state index contributed by atoms with van der Waals surface area (Å²) in [6.07, 6.45) is 2.14. The first kappa shape index (κ1) is 18.0. The Bertz CT molecular complexity index is 1360. The molecule has 4 aromatic rings. The van der Waals surface area contributed by atoms with Gasteiger partial charge in [-0.2, -0.15) is 0 Å². The number of nitrogens with zero attached hydrogens (tertiary/aromatic N) is 5. The van der Waals surface area contributed by atoms with Crippen LogP contribution >= 0.6 is 0 Å². The molecule has 0 saturated heterocycles. The Hall–Kier alpha value is -4.08. The zero-order chi connectivity index (χ0) is 20.7. The van der Waals surface area contributed by atoms with Crippen LogP contribution in [0.3, 0.4) is 0 Å². The van der Waals surface area contributed by atoms with Crippen LogP contribution in [0.5, 0.6) is 0 Å². The molecule has 0 aliphatic heterocycles. The minimum absolute atomic E-state index is 0.270. The van der Waals surface area contributed by atoms with Gasteiger partial charge in [0.25, 0.3) is 11.1 Å². The lowest BCUT2D eigenvalue weighted by Crippen LogP contribution is -2.34. The predicted octanol–water partition coefficient (Wildman–Crippen LogP) is 1.32. The van der Waals surface area contributed by atoms with E-state index in [0.29, 0.717) is 22.9 Å². The molecule has 5 rings (SSSR count). The van der Waals surface area contributed by atoms with E-state index in [2.05, 4.69) is 25.9 Å². The number of aromatic nitrogens is 6. The van der Waals surface area contributed by atoms with Gasteiger partial charge in [0.2, 0.25) is 5.91 Å². The van der Waals surface area contributed by atoms with Crippen molar-refractivity contribution in [2.24, 2.45) is 0 Å². The molecule has 2 heterocycles. The minimum atomic E-state index is -0.432. The molecule has 1 amide bonds. The van der Waals surface area contributed by atoms with Gasteiger partial charge in [-0.25, -0.2) is 9.36 Å². The maximum atomic E-state index is 12.5. The van der Waals surface area contributed by atoms with Crippen molar-refractivity contribution >= 4 is 22.4 Å². The van der Waals surface area contributed by atoms with Gasteiger partial charge in [-0.1, -0.05) is 12.1 Å². The predicted molar refractivity (Wildman–Crippen MR) is 109 cm³/mol. The highest BCUT2D eigenvalue weighted by molar-refractivity contribution is 5.91. The third kappa shape index (κ3) is 3.28. The Kier molecular flexibility index (Phi) is 4.24. The molecule has 1 fully saturated rings. The van der Waals surface area contributed by atoms with Crippen LogP contribution in [0.15, 0.2) is 58.1 Å². The molecule has 2 aromatic carbocycles. The fourth-order valence-electron chi connectivity index (χ4n) is 3.35. The van der Waals surface area contributed by atoms with Crippen molar-refractivity contribution in [3.05, 3.63) is 69.2 Å². The van der Waals surface area contributed by atoms with Gasteiger partial charge in [0, 0.05) is 11.3 Å². The second kappa shape index (κ2) is 7.07. The number of carbonyl (C=O) groups is 1. The topological polar surface area (TPSA) is 128 Å². The van der Waals surface area contributed by atoms with Gasteiger partial charge in [-0.3, -0.25) is 19.5 Å². The number of anilines is 1. The average molecular weight is 403 g/mol. The highest BCUT2D eigenvalue weighted by atomic mass is 16.2. The van der Waals surface area contributed by atoms with Crippen molar-refractivity contribution in [3.8, 4) is 11.4 Å². The quantitative estimate of drug-likeness (QED) is 0.517. The summed E-state index contributed by atoms with van der Waals surface area (Å²) in [6.45, 7) is -0.305. The Balaban J connectivity index is 1.33. The summed E-state index contributed by atoms with van der Waals surface area (Å²) in [5.41, 5.74) is 0.559. The highest BCUT2D eigenvalue weighted by Gasteiger charge is 2.28. The summed E-state index contributed by atoms with van der Waals surface area (Å²) in [5.74, 6) is 0.259. The van der Waals surface area contributed by atoms with Crippen molar-refractivity contribution in [1.29, 1.82) is 0 Å². The molecule has 1 aliphatic carbocycles. The zero-order valence-corrected chi connectivity index (χ0v) is 15.8. The largest absolute Gasteiger partial charge is 0.324 e. The molecule has 30 heavy (non-hydrogen) atoms. The first-order valence-electron chi connectivity index (χ1n) is 9.50. The molecule has 0 spiro atoms. The van der Waals surface area contributed by atoms with Gasteiger partial charge in [-0.05, 0) is 59.7 Å². The van der Waals surface area contributed by atoms with Gasteiger partial charge in [0.15, 0.2) is 5.82 Å². The Morgan fingerprint density at radius 1 is 1.07 bits per heavy atom. The lowest BCUT2D eigenvalue weighted by molar-refractivity contribution is -0.117. The normalized spacial score (nSPS) is 13.5. The van der Waals surface area contributed by atoms with E-state index in [-0.39, 0.29) is 11.9 Å². The van der Waals surface area contributed by atoms with E-state index in [1.54, 1.807) is 36.4 Å². The second-order valence-corrected chi connectivity index (χ2v) is 7.18. The average Bonchev–Trinajstić information content (AvgIpc) is 3.49. The third-order valence-corrected chi connectivity index (χ3v) is 5.00. The number of H-pyrrole nitrogens is 1. The minimum Gasteiger partial charge on any atom is -0.324 e. The fraction of sp³-hybridized carbons (Fsp3) is 0.200. The smallest absolute Gasteiger partial charge is 0.273 e. The van der Waals surface area contributed by atoms with Gasteiger partial charge >= 0.3 is 0 Å². The van der Waals surface area contributed by atoms with Crippen molar-refractivity contribution in [2.45, 2.75) is 25.4 Å². The van der Waals surface area contributed by atoms with E-state index in [9.17, 15) is 14.4 Å². The van der Waals surface area contributed by atoms with Crippen LogP contribution in [0, 0.1) is 0 Å². The number of nitrogens with one attached hydrogen (secondary N) is 2. The second-order valence-electron chi connectivity index (χ2n) is 7.18. The first-order valence-corrected chi connectivity index (χ1v) is 9.50. The number of aromatic amines is 1. The summed E-state index contributed by atoms with van der Waals surface area (Å²) in [7, 11) is 0. The number of rotatable bonds is 5. The van der Waals surface area contributed by atoms with Crippen LogP contribution in [-0.2, 0) is 11.3 Å². The summed E-state index contributed by atoms with van der Waals surface area (Å²) in [4.78, 5) is 37.1. The van der Waals surface area contributed by atoms with Crippen LogP contribution in [0.1, 0.15) is 18.9 Å². The standard InChI is InChI=1S/C20H17N7O3/c28-17(11-26-20(30)16-4-2-1-3-15(16)19(29)23-26)21-13-7-5-12(6-8-13)18-22-24-25-27(18)14-9-10-14/h1-8,14H,9-11H2,(H,21,28)(H,23,29). The van der Waals surface area contributed by atoms with Crippen LogP contribution in [0.4, 0.5) is 5.69 Å². The maximum absolute atomic E-state index is 12.5. The van der Waals surface area contributed by atoms with Crippen molar-refractivity contribution < 1.29 is 4.79 Å². The van der Waals surface area contributed by atoms with Crippen molar-refractivity contribution in [1.82, 2.24) is 30.0 Å². The van der Waals surface area contributed by atoms with Gasteiger partial charge < -0.3 is 5.32 Å². The molecule has 1 saturated carbocycles. The monoisotopic (exact) mass is 403 g/mol. The lowest BCUT2D eigenvalue weighted by Gasteiger charge is -2.09. The van der Waals surface area contributed by atoms with E-state index < -0.39 is 17.0 Å². The number of fused-ring (bicyclic) bond motifs is 1. The molecule has 2 aromatic heterocycles. The zero-order valence-electron chi connectivity index (χ0n) is 15.8. The van der Waals surface area contributed by atoms with E-state index >= 15 is 0 Å². The van der Waals surface area contributed by atoms with E-state index in [1.165, 1.54) is 0 Å². The summed E-state index contributed by atoms with van der Waals surface area (Å²) < 4.78 is 2.83. The number of hydrogen-bond acceptors (Lipinski definition) is 6. The Morgan fingerprint density at radius 3 is 2.53 bits per heavy atom. The van der Waals surface area contributed by atoms with Crippen LogP contribution in [-0.4, -0.2) is 35.9 Å². The molecule has 2 N–H and O–H groups in total. The SMILES string of the molecule is O=C(Cn1[nH]c(=O)c2ccccc2c1=O)Nc1ccc(-c2nnnn2C2CC2)cc1. The fourth-order valence-corrected chi connectivity index (χ4v) is 3.35. The third-order valence-electron chi connectivity index (χ3n) is 5.00. The molecule has 1 aliphatic rings. The van der Waals surface area contributed by atoms with E-state index in [4.69, 9.17) is 0 Å². The highest BCUT2D eigenvalue weighted by Crippen LogP contribution is 2.36. The van der Waals surface area contributed by atoms with E-state index in [1.807, 2.05) is 16.8 Å². The van der Waals surface area contributed by atoms with E-state index in [0.717, 1.165) is 23.1 Å². The number of hydrogen-bond donors (Lipinski definition) is 2. The lowest BCUT2D eigenvalue weighted by atomic mass is 10.2. The van der Waals surface area contributed by atoms with Gasteiger partial charge in [0.05, 0.1) is 16.8 Å². The molecule has 0 atom stereocenters. The number of carbonyl (C=O) groups excluding carboxylic acids is 1. The number of benzene rings is 2. The summed E-state index contributed by atoms with van der Waals surface area (Å²) in [6, 6.07) is 14.0. The van der Waals surface area contributed by atoms with Crippen LogP contribution in [0.25, 0.3) is 22.2 Å². The molecule has 10 nitrogen and oxygen atoms in total. The number of tetrazole rings is 1. The van der Waals surface area contributed by atoms with Crippen LogP contribution in [0.2, 0.25) is 0 Å². The molecule has 0 unspecified atom stereocenters. The van der Waals surface area contributed by atoms with Gasteiger partial charge in [0.1, 0.15) is 6.54 Å². The Labute approximate surface area is 169 Å². The van der Waals surface area contributed by atoms with Crippen molar-refractivity contribution in [2.75, 3.05) is 5.32 Å².